The van der Waals surface area contributed by atoms with Gasteiger partial charge in [0.25, 0.3) is 0 Å². The molecule has 0 aliphatic carbocycles. The second kappa shape index (κ2) is 5.05. The summed E-state index contributed by atoms with van der Waals surface area (Å²) in [5, 5.41) is 19.1. The number of alkyl halides is 3. The minimum atomic E-state index is -4.87. The molecule has 4 heterocycles. The highest BCUT2D eigenvalue weighted by Crippen LogP contribution is 2.61. The van der Waals surface area contributed by atoms with E-state index in [0.29, 0.717) is 11.0 Å². The van der Waals surface area contributed by atoms with Crippen molar-refractivity contribution in [2.45, 2.75) is 43.8 Å². The number of rotatable bonds is 1. The molecule has 1 N–H and O–H groups in total. The Hall–Kier alpha value is -2.51. The van der Waals surface area contributed by atoms with Crippen LogP contribution in [0.3, 0.4) is 0 Å². The van der Waals surface area contributed by atoms with E-state index in [1.807, 2.05) is 0 Å². The molecule has 2 amide bonds. The van der Waals surface area contributed by atoms with Crippen LogP contribution in [-0.4, -0.2) is 39.2 Å². The van der Waals surface area contributed by atoms with Crippen LogP contribution in [0.25, 0.3) is 0 Å². The Morgan fingerprint density at radius 3 is 2.56 bits per heavy atom. The summed E-state index contributed by atoms with van der Waals surface area (Å²) in [4.78, 5) is 30.0. The minimum Gasteiger partial charge on any atom is -0.390 e. The van der Waals surface area contributed by atoms with Crippen molar-refractivity contribution in [2.24, 2.45) is 11.8 Å². The van der Waals surface area contributed by atoms with Gasteiger partial charge in [-0.2, -0.15) is 18.4 Å². The lowest BCUT2D eigenvalue weighted by atomic mass is 9.67. The van der Waals surface area contributed by atoms with Gasteiger partial charge in [-0.1, -0.05) is 0 Å². The number of imide groups is 1. The number of aliphatic hydroxyl groups excluding tert-OH is 1. The number of fused-ring (bicyclic) bond motifs is 5. The molecule has 0 aromatic carbocycles. The molecule has 1 aromatic rings. The van der Waals surface area contributed by atoms with Gasteiger partial charge in [0.1, 0.15) is 11.7 Å². The van der Waals surface area contributed by atoms with Gasteiger partial charge in [-0.05, 0) is 19.9 Å². The van der Waals surface area contributed by atoms with Crippen molar-refractivity contribution < 1.29 is 32.6 Å². The van der Waals surface area contributed by atoms with Gasteiger partial charge < -0.3 is 9.84 Å². The molecule has 3 aliphatic heterocycles. The number of nitrogens with zero attached hydrogens (tertiary/aromatic N) is 3. The molecule has 3 aliphatic rings. The fourth-order valence-electron chi connectivity index (χ4n) is 4.66. The van der Waals surface area contributed by atoms with Crippen LogP contribution in [0.5, 0.6) is 0 Å². The number of ether oxygens (including phenoxy) is 1. The number of carbonyl (C=O) groups excluding carboxylic acids is 2. The van der Waals surface area contributed by atoms with Crippen LogP contribution >= 0.6 is 0 Å². The second-order valence-corrected chi connectivity index (χ2v) is 7.48. The van der Waals surface area contributed by atoms with Crippen LogP contribution in [0, 0.1) is 23.2 Å². The molecule has 1 aromatic heterocycles. The Labute approximate surface area is 151 Å². The summed E-state index contributed by atoms with van der Waals surface area (Å²) >= 11 is 0. The van der Waals surface area contributed by atoms with E-state index in [0.717, 1.165) is 6.20 Å². The lowest BCUT2D eigenvalue weighted by Gasteiger charge is -2.31. The Bertz CT molecular complexity index is 927. The van der Waals surface area contributed by atoms with E-state index in [2.05, 4.69) is 4.98 Å². The van der Waals surface area contributed by atoms with E-state index in [4.69, 9.17) is 10.00 Å². The number of nitriles is 1. The van der Waals surface area contributed by atoms with Gasteiger partial charge in [0.05, 0.1) is 41.0 Å². The number of aromatic nitrogens is 1. The summed E-state index contributed by atoms with van der Waals surface area (Å²) in [6, 6.07) is 1.93. The average Bonchev–Trinajstić information content (AvgIpc) is 3.07. The molecule has 3 saturated heterocycles. The lowest BCUT2D eigenvalue weighted by molar-refractivity contribution is -0.138. The molecule has 10 heteroatoms. The number of hydrogen-bond donors (Lipinski definition) is 1. The molecule has 5 atom stereocenters. The molecule has 27 heavy (non-hydrogen) atoms. The molecule has 3 fully saturated rings. The summed E-state index contributed by atoms with van der Waals surface area (Å²) in [6.07, 6.45) is -4.79. The van der Waals surface area contributed by atoms with E-state index in [-0.39, 0.29) is 12.1 Å². The van der Waals surface area contributed by atoms with Gasteiger partial charge in [-0.3, -0.25) is 9.59 Å². The molecule has 4 rings (SSSR count). The SMILES string of the molecule is CC12C[C@@H](O)C(C)(O1)[C@H]1C(=O)N(c3cnc(C#N)c(C(F)(F)F)c3)C(=O)[C@H]12. The first kappa shape index (κ1) is 17.9. The maximum absolute atomic E-state index is 13.2. The number of anilines is 1. The molecule has 0 radical (unpaired) electrons. The summed E-state index contributed by atoms with van der Waals surface area (Å²) in [5.74, 6) is -3.33. The third-order valence-electron chi connectivity index (χ3n) is 5.84. The van der Waals surface area contributed by atoms with Gasteiger partial charge in [-0.25, -0.2) is 9.88 Å². The first-order chi connectivity index (χ1) is 12.4. The van der Waals surface area contributed by atoms with Gasteiger partial charge in [0.15, 0.2) is 5.69 Å². The zero-order chi connectivity index (χ0) is 19.9. The molecular weight excluding hydrogens is 367 g/mol. The van der Waals surface area contributed by atoms with Crippen molar-refractivity contribution >= 4 is 17.5 Å². The predicted octanol–water partition coefficient (Wildman–Crippen LogP) is 1.39. The van der Waals surface area contributed by atoms with Crippen LogP contribution in [0.15, 0.2) is 12.3 Å². The summed E-state index contributed by atoms with van der Waals surface area (Å²) in [7, 11) is 0. The monoisotopic (exact) mass is 381 g/mol. The topological polar surface area (TPSA) is 104 Å². The normalized spacial score (nSPS) is 37.7. The fourth-order valence-corrected chi connectivity index (χ4v) is 4.66. The third-order valence-corrected chi connectivity index (χ3v) is 5.84. The average molecular weight is 381 g/mol. The molecule has 142 valence electrons. The van der Waals surface area contributed by atoms with Crippen LogP contribution in [0.4, 0.5) is 18.9 Å². The summed E-state index contributed by atoms with van der Waals surface area (Å²) in [5.41, 5.74) is -4.88. The van der Waals surface area contributed by atoms with E-state index in [1.54, 1.807) is 6.92 Å². The maximum atomic E-state index is 13.2. The van der Waals surface area contributed by atoms with E-state index >= 15 is 0 Å². The number of carbonyl (C=O) groups is 2. The quantitative estimate of drug-likeness (QED) is 0.738. The molecule has 2 unspecified atom stereocenters. The standard InChI is InChI=1S/C17H14F3N3O4/c1-15-4-10(24)16(2,27-15)12-11(15)13(25)23(14(12)26)7-3-8(17(18,19)20)9(5-21)22-6-7/h3,6,10-12,24H,4H2,1-2H3/t10-,11+,12-,15?,16?/m1/s1. The molecular formula is C17H14F3N3O4. The molecule has 0 saturated carbocycles. The predicted molar refractivity (Wildman–Crippen MR) is 81.9 cm³/mol. The van der Waals surface area contributed by atoms with E-state index in [9.17, 15) is 27.9 Å². The number of halogens is 3. The zero-order valence-corrected chi connectivity index (χ0v) is 14.2. The number of pyridine rings is 1. The van der Waals surface area contributed by atoms with Crippen LogP contribution in [-0.2, 0) is 20.5 Å². The van der Waals surface area contributed by atoms with Crippen molar-refractivity contribution in [1.82, 2.24) is 4.98 Å². The Kier molecular flexibility index (Phi) is 3.35. The van der Waals surface area contributed by atoms with Crippen molar-refractivity contribution in [3.63, 3.8) is 0 Å². The second-order valence-electron chi connectivity index (χ2n) is 7.48. The number of hydrogen-bond acceptors (Lipinski definition) is 6. The number of aliphatic hydroxyl groups is 1. The van der Waals surface area contributed by atoms with Crippen LogP contribution in [0.2, 0.25) is 0 Å². The first-order valence-electron chi connectivity index (χ1n) is 8.17. The van der Waals surface area contributed by atoms with Gasteiger partial charge in [0.2, 0.25) is 11.8 Å². The highest BCUT2D eigenvalue weighted by molar-refractivity contribution is 6.23. The van der Waals surface area contributed by atoms with E-state index < -0.39 is 58.4 Å². The summed E-state index contributed by atoms with van der Waals surface area (Å²) < 4.78 is 45.4. The third kappa shape index (κ3) is 2.12. The van der Waals surface area contributed by atoms with Gasteiger partial charge >= 0.3 is 6.18 Å². The highest BCUT2D eigenvalue weighted by atomic mass is 19.4. The van der Waals surface area contributed by atoms with Crippen molar-refractivity contribution in [3.8, 4) is 6.07 Å². The maximum Gasteiger partial charge on any atom is 0.419 e. The minimum absolute atomic E-state index is 0.150. The van der Waals surface area contributed by atoms with Crippen molar-refractivity contribution in [2.75, 3.05) is 4.90 Å². The van der Waals surface area contributed by atoms with E-state index in [1.165, 1.54) is 13.0 Å². The smallest absolute Gasteiger partial charge is 0.390 e. The lowest BCUT2D eigenvalue weighted by Crippen LogP contribution is -2.49. The Morgan fingerprint density at radius 2 is 1.96 bits per heavy atom. The van der Waals surface area contributed by atoms with Gasteiger partial charge in [-0.15, -0.1) is 0 Å². The largest absolute Gasteiger partial charge is 0.419 e. The fraction of sp³-hybridized carbons (Fsp3) is 0.529. The zero-order valence-electron chi connectivity index (χ0n) is 14.2. The summed E-state index contributed by atoms with van der Waals surface area (Å²) in [6.45, 7) is 3.14. The molecule has 0 spiro atoms. The van der Waals surface area contributed by atoms with Gasteiger partial charge in [0, 0.05) is 6.42 Å². The van der Waals surface area contributed by atoms with Crippen molar-refractivity contribution in [3.05, 3.63) is 23.5 Å². The molecule has 7 nitrogen and oxygen atoms in total. The van der Waals surface area contributed by atoms with Crippen LogP contribution in [0.1, 0.15) is 31.5 Å². The Morgan fingerprint density at radius 1 is 1.33 bits per heavy atom. The highest BCUT2D eigenvalue weighted by Gasteiger charge is 2.75. The number of amides is 2. The molecule has 2 bridgehead atoms. The van der Waals surface area contributed by atoms with Crippen LogP contribution < -0.4 is 4.90 Å². The first-order valence-corrected chi connectivity index (χ1v) is 8.17. The van der Waals surface area contributed by atoms with Crippen molar-refractivity contribution in [1.29, 1.82) is 5.26 Å². The Balaban J connectivity index is 1.81.